The van der Waals surface area contributed by atoms with E-state index in [1.807, 2.05) is 7.05 Å². The number of benzene rings is 2. The van der Waals surface area contributed by atoms with E-state index < -0.39 is 0 Å². The van der Waals surface area contributed by atoms with Crippen LogP contribution in [0.3, 0.4) is 0 Å². The number of β-amino-alcohol motifs (C(OH)–C–C–N with tert-alkyl or cyclic N) is 1. The number of likely N-dealkylation sites (tertiary alicyclic amines) is 1. The number of carbonyl (C=O) groups is 1. The van der Waals surface area contributed by atoms with Crippen molar-refractivity contribution in [2.75, 3.05) is 62.7 Å². The molecular weight excluding hydrogens is 530 g/mol. The Morgan fingerprint density at radius 2 is 1.95 bits per heavy atom. The third kappa shape index (κ3) is 5.50. The number of rotatable bonds is 7. The van der Waals surface area contributed by atoms with Crippen molar-refractivity contribution in [2.45, 2.75) is 37.6 Å². The van der Waals surface area contributed by atoms with Crippen molar-refractivity contribution >= 4 is 28.2 Å². The first-order valence-electron chi connectivity index (χ1n) is 14.6. The van der Waals surface area contributed by atoms with E-state index in [0.717, 1.165) is 30.0 Å². The van der Waals surface area contributed by atoms with E-state index in [9.17, 15) is 9.90 Å². The fourth-order valence-electron chi connectivity index (χ4n) is 6.54. The Bertz CT molecular complexity index is 1520. The number of nitrogens with zero attached hydrogens (tertiary/aromatic N) is 7. The smallest absolute Gasteiger partial charge is 0.318 e. The molecule has 10 nitrogen and oxygen atoms in total. The molecule has 0 radical (unpaired) electrons. The van der Waals surface area contributed by atoms with Gasteiger partial charge in [-0.05, 0) is 37.4 Å². The number of aromatic nitrogens is 2. The number of carbonyl (C=O) groups excluding carboxylic acids is 1. The lowest BCUT2D eigenvalue weighted by Crippen LogP contribution is -2.56. The summed E-state index contributed by atoms with van der Waals surface area (Å²) in [6.45, 7) is 15.4. The Morgan fingerprint density at radius 3 is 2.74 bits per heavy atom. The summed E-state index contributed by atoms with van der Waals surface area (Å²) < 4.78 is 6.22. The van der Waals surface area contributed by atoms with Crippen LogP contribution in [0.2, 0.25) is 0 Å². The number of ether oxygens (including phenoxy) is 1. The number of piperazine rings is 1. The average molecular weight is 568 g/mol. The summed E-state index contributed by atoms with van der Waals surface area (Å²) in [7, 11) is 1.99. The number of aliphatic hydroxyl groups is 1. The van der Waals surface area contributed by atoms with Crippen molar-refractivity contribution in [3.05, 3.63) is 77.8 Å². The Kier molecular flexibility index (Phi) is 7.96. The zero-order chi connectivity index (χ0) is 29.2. The second kappa shape index (κ2) is 12.0. The highest BCUT2D eigenvalue weighted by atomic mass is 16.5. The highest BCUT2D eigenvalue weighted by molar-refractivity contribution is 5.94. The van der Waals surface area contributed by atoms with Gasteiger partial charge in [0.15, 0.2) is 0 Å². The minimum absolute atomic E-state index is 0.0896. The molecule has 0 unspecified atom stereocenters. The topological polar surface area (TPSA) is 89.6 Å². The van der Waals surface area contributed by atoms with Crippen molar-refractivity contribution in [3.63, 3.8) is 0 Å². The largest absolute Gasteiger partial charge is 0.462 e. The van der Waals surface area contributed by atoms with Crippen LogP contribution in [0, 0.1) is 6.57 Å². The van der Waals surface area contributed by atoms with Crippen molar-refractivity contribution in [2.24, 2.45) is 0 Å². The molecule has 0 spiro atoms. The van der Waals surface area contributed by atoms with Crippen LogP contribution in [0.25, 0.3) is 15.6 Å². The molecule has 4 heterocycles. The Balaban J connectivity index is 1.32. The SMILES string of the molecule is [C-]#[N+]C[C@H]1CN(c2nc(OC[C@@H]3C[C@@H](O)CN3C)nc3c2CCN(c2cccc4ccccc24)C3)CCN1C(=O)C=C. The van der Waals surface area contributed by atoms with Gasteiger partial charge in [0.1, 0.15) is 18.5 Å². The van der Waals surface area contributed by atoms with Crippen molar-refractivity contribution in [3.8, 4) is 6.01 Å². The Morgan fingerprint density at radius 1 is 1.12 bits per heavy atom. The molecule has 3 aliphatic heterocycles. The van der Waals surface area contributed by atoms with Crippen LogP contribution in [0.1, 0.15) is 17.7 Å². The molecule has 1 N–H and O–H groups in total. The molecule has 2 fully saturated rings. The first-order valence-corrected chi connectivity index (χ1v) is 14.6. The number of hydrogen-bond acceptors (Lipinski definition) is 8. The van der Waals surface area contributed by atoms with Crippen LogP contribution < -0.4 is 14.5 Å². The van der Waals surface area contributed by atoms with Crippen molar-refractivity contribution in [1.82, 2.24) is 19.8 Å². The highest BCUT2D eigenvalue weighted by Gasteiger charge is 2.35. The van der Waals surface area contributed by atoms with Crippen LogP contribution in [-0.4, -0.2) is 102 Å². The first-order chi connectivity index (χ1) is 20.4. The number of hydrogen-bond donors (Lipinski definition) is 1. The quantitative estimate of drug-likeness (QED) is 0.345. The summed E-state index contributed by atoms with van der Waals surface area (Å²) in [5.41, 5.74) is 3.20. The predicted octanol–water partition coefficient (Wildman–Crippen LogP) is 2.76. The number of aliphatic hydroxyl groups excluding tert-OH is 1. The monoisotopic (exact) mass is 567 g/mol. The molecule has 6 rings (SSSR count). The molecule has 0 bridgehead atoms. The molecule has 0 saturated carbocycles. The predicted molar refractivity (Wildman–Crippen MR) is 163 cm³/mol. The molecular formula is C32H37N7O3. The molecule has 10 heteroatoms. The number of likely N-dealkylation sites (N-methyl/N-ethyl adjacent to an activating group) is 1. The van der Waals surface area contributed by atoms with E-state index in [1.165, 1.54) is 22.5 Å². The molecule has 42 heavy (non-hydrogen) atoms. The van der Waals surface area contributed by atoms with Crippen LogP contribution >= 0.6 is 0 Å². The molecule has 3 aromatic rings. The lowest BCUT2D eigenvalue weighted by Gasteiger charge is -2.41. The van der Waals surface area contributed by atoms with Crippen LogP contribution in [0.4, 0.5) is 11.5 Å². The number of anilines is 2. The molecule has 0 aliphatic carbocycles. The fraction of sp³-hybridized carbons (Fsp3) is 0.438. The van der Waals surface area contributed by atoms with Gasteiger partial charge >= 0.3 is 6.01 Å². The summed E-state index contributed by atoms with van der Waals surface area (Å²) in [6.07, 6.45) is 2.39. The molecule has 2 aromatic carbocycles. The standard InChI is InChI=1S/C32H37N7O3/c1-4-30(41)39-15-14-38(18-24(39)17-33-2)31-27-12-13-37(29-11-7-9-22-8-5-6-10-26(22)29)20-28(27)34-32(35-31)42-21-23-16-25(40)19-36(23)3/h4-11,23-25,40H,1,12-21H2,3H3/t23-,24-,25+/m0/s1. The van der Waals surface area contributed by atoms with E-state index in [4.69, 9.17) is 21.3 Å². The molecule has 218 valence electrons. The van der Waals surface area contributed by atoms with E-state index in [-0.39, 0.29) is 30.6 Å². The normalized spacial score (nSPS) is 22.6. The van der Waals surface area contributed by atoms with E-state index in [1.54, 1.807) is 4.90 Å². The van der Waals surface area contributed by atoms with Crippen LogP contribution in [0.15, 0.2) is 55.1 Å². The van der Waals surface area contributed by atoms with Gasteiger partial charge in [0.2, 0.25) is 12.5 Å². The summed E-state index contributed by atoms with van der Waals surface area (Å²) in [5.74, 6) is 0.679. The van der Waals surface area contributed by atoms with Gasteiger partial charge in [-0.3, -0.25) is 9.69 Å². The zero-order valence-corrected chi connectivity index (χ0v) is 24.0. The van der Waals surface area contributed by atoms with Crippen molar-refractivity contribution in [1.29, 1.82) is 0 Å². The lowest BCUT2D eigenvalue weighted by atomic mass is 10.0. The molecule has 3 aliphatic rings. The highest BCUT2D eigenvalue weighted by Crippen LogP contribution is 2.35. The Labute approximate surface area is 246 Å². The fourth-order valence-corrected chi connectivity index (χ4v) is 6.54. The average Bonchev–Trinajstić information content (AvgIpc) is 3.34. The van der Waals surface area contributed by atoms with Crippen molar-refractivity contribution < 1.29 is 14.6 Å². The van der Waals surface area contributed by atoms with E-state index >= 15 is 0 Å². The maximum absolute atomic E-state index is 12.5. The summed E-state index contributed by atoms with van der Waals surface area (Å²) in [6, 6.07) is 15.0. The van der Waals surface area contributed by atoms with E-state index in [2.05, 4.69) is 68.6 Å². The van der Waals surface area contributed by atoms with Crippen LogP contribution in [-0.2, 0) is 17.8 Å². The lowest BCUT2D eigenvalue weighted by molar-refractivity contribution is -0.128. The molecule has 1 amide bonds. The van der Waals surface area contributed by atoms with Gasteiger partial charge in [-0.25, -0.2) is 6.57 Å². The second-order valence-corrected chi connectivity index (χ2v) is 11.4. The molecule has 1 aromatic heterocycles. The number of amides is 1. The summed E-state index contributed by atoms with van der Waals surface area (Å²) in [4.78, 5) is 34.4. The van der Waals surface area contributed by atoms with E-state index in [0.29, 0.717) is 51.8 Å². The van der Waals surface area contributed by atoms with Gasteiger partial charge in [-0.1, -0.05) is 43.0 Å². The van der Waals surface area contributed by atoms with Gasteiger partial charge in [0.25, 0.3) is 0 Å². The maximum Gasteiger partial charge on any atom is 0.318 e. The van der Waals surface area contributed by atoms with Gasteiger partial charge < -0.3 is 29.4 Å². The first kappa shape index (κ1) is 27.9. The number of fused-ring (bicyclic) bond motifs is 2. The molecule has 2 saturated heterocycles. The maximum atomic E-state index is 12.5. The van der Waals surface area contributed by atoms with Gasteiger partial charge in [-0.2, -0.15) is 9.97 Å². The third-order valence-electron chi connectivity index (χ3n) is 8.74. The minimum Gasteiger partial charge on any atom is -0.462 e. The Hall–Kier alpha value is -4.20. The van der Waals surface area contributed by atoms with Gasteiger partial charge in [0, 0.05) is 55.4 Å². The zero-order valence-electron chi connectivity index (χ0n) is 24.0. The molecule has 3 atom stereocenters. The second-order valence-electron chi connectivity index (χ2n) is 11.4. The third-order valence-corrected chi connectivity index (χ3v) is 8.74. The summed E-state index contributed by atoms with van der Waals surface area (Å²) >= 11 is 0. The minimum atomic E-state index is -0.355. The van der Waals surface area contributed by atoms with Crippen LogP contribution in [0.5, 0.6) is 6.01 Å². The summed E-state index contributed by atoms with van der Waals surface area (Å²) in [5, 5.41) is 12.5. The van der Waals surface area contributed by atoms with Gasteiger partial charge in [-0.15, -0.1) is 0 Å². The van der Waals surface area contributed by atoms with Gasteiger partial charge in [0.05, 0.1) is 18.3 Å².